The number of ether oxygens (including phenoxy) is 1. The quantitative estimate of drug-likeness (QED) is 0.584. The molecule has 5 heteroatoms. The van der Waals surface area contributed by atoms with Crippen molar-refractivity contribution in [3.05, 3.63) is 0 Å². The maximum atomic E-state index is 11.7. The third-order valence-corrected chi connectivity index (χ3v) is 2.21. The van der Waals surface area contributed by atoms with E-state index in [0.29, 0.717) is 45.4 Å². The zero-order valence-electron chi connectivity index (χ0n) is 9.81. The molecule has 0 atom stereocenters. The molecule has 0 fully saturated rings. The number of unbranched alkanes of at least 4 members (excludes halogenated alkanes) is 1. The SMILES string of the molecule is COCCN(CCC#N)C(=O)CCCCO. The molecule has 0 aliphatic rings. The van der Waals surface area contributed by atoms with Crippen molar-refractivity contribution in [3.63, 3.8) is 0 Å². The number of aliphatic hydroxyl groups is 1. The second-order valence-electron chi connectivity index (χ2n) is 3.46. The topological polar surface area (TPSA) is 73.6 Å². The van der Waals surface area contributed by atoms with E-state index in [1.54, 1.807) is 12.0 Å². The number of carbonyl (C=O) groups excluding carboxylic acids is 1. The standard InChI is InChI=1S/C11H20N2O3/c1-16-10-8-13(7-4-6-12)11(15)5-2-3-9-14/h14H,2-5,7-10H2,1H3. The largest absolute Gasteiger partial charge is 0.396 e. The van der Waals surface area contributed by atoms with Crippen molar-refractivity contribution in [2.24, 2.45) is 0 Å². The van der Waals surface area contributed by atoms with Gasteiger partial charge in [-0.2, -0.15) is 5.26 Å². The van der Waals surface area contributed by atoms with Crippen LogP contribution in [-0.4, -0.2) is 49.3 Å². The van der Waals surface area contributed by atoms with Gasteiger partial charge < -0.3 is 14.7 Å². The number of hydrogen-bond acceptors (Lipinski definition) is 4. The number of nitriles is 1. The van der Waals surface area contributed by atoms with E-state index in [1.165, 1.54) is 0 Å². The fourth-order valence-electron chi connectivity index (χ4n) is 1.29. The minimum absolute atomic E-state index is 0.0285. The van der Waals surface area contributed by atoms with Crippen LogP contribution in [0.25, 0.3) is 0 Å². The zero-order valence-corrected chi connectivity index (χ0v) is 9.81. The van der Waals surface area contributed by atoms with Gasteiger partial charge in [0.05, 0.1) is 19.1 Å². The Hall–Kier alpha value is -1.12. The van der Waals surface area contributed by atoms with Gasteiger partial charge in [0, 0.05) is 33.2 Å². The van der Waals surface area contributed by atoms with E-state index in [0.717, 1.165) is 0 Å². The molecular formula is C11H20N2O3. The van der Waals surface area contributed by atoms with Gasteiger partial charge in [0.1, 0.15) is 0 Å². The van der Waals surface area contributed by atoms with E-state index in [1.807, 2.05) is 6.07 Å². The number of nitrogens with zero attached hydrogens (tertiary/aromatic N) is 2. The van der Waals surface area contributed by atoms with Crippen LogP contribution in [-0.2, 0) is 9.53 Å². The third-order valence-electron chi connectivity index (χ3n) is 2.21. The lowest BCUT2D eigenvalue weighted by Crippen LogP contribution is -2.34. The second-order valence-corrected chi connectivity index (χ2v) is 3.46. The Kier molecular flexibility index (Phi) is 9.67. The van der Waals surface area contributed by atoms with Crippen LogP contribution in [0.15, 0.2) is 0 Å². The molecule has 0 spiro atoms. The molecule has 0 aliphatic carbocycles. The molecule has 1 N–H and O–H groups in total. The molecule has 0 unspecified atom stereocenters. The lowest BCUT2D eigenvalue weighted by molar-refractivity contribution is -0.131. The van der Waals surface area contributed by atoms with Gasteiger partial charge in [-0.1, -0.05) is 0 Å². The number of methoxy groups -OCH3 is 1. The summed E-state index contributed by atoms with van der Waals surface area (Å²) in [5.74, 6) is 0.0285. The van der Waals surface area contributed by atoms with E-state index >= 15 is 0 Å². The smallest absolute Gasteiger partial charge is 0.222 e. The summed E-state index contributed by atoms with van der Waals surface area (Å²) in [7, 11) is 1.58. The lowest BCUT2D eigenvalue weighted by Gasteiger charge is -2.21. The Labute approximate surface area is 96.6 Å². The Morgan fingerprint density at radius 2 is 2.19 bits per heavy atom. The van der Waals surface area contributed by atoms with Gasteiger partial charge in [-0.05, 0) is 12.8 Å². The van der Waals surface area contributed by atoms with Crippen LogP contribution in [0.3, 0.4) is 0 Å². The van der Waals surface area contributed by atoms with Crippen LogP contribution in [0.1, 0.15) is 25.7 Å². The van der Waals surface area contributed by atoms with Crippen molar-refractivity contribution in [2.75, 3.05) is 33.4 Å². The molecule has 1 amide bonds. The van der Waals surface area contributed by atoms with Crippen molar-refractivity contribution in [3.8, 4) is 6.07 Å². The van der Waals surface area contributed by atoms with Crippen molar-refractivity contribution in [2.45, 2.75) is 25.7 Å². The minimum atomic E-state index is 0.0285. The van der Waals surface area contributed by atoms with Crippen LogP contribution >= 0.6 is 0 Å². The summed E-state index contributed by atoms with van der Waals surface area (Å²) in [5, 5.41) is 17.1. The molecule has 92 valence electrons. The summed E-state index contributed by atoms with van der Waals surface area (Å²) in [6.45, 7) is 1.58. The molecule has 0 rings (SSSR count). The monoisotopic (exact) mass is 228 g/mol. The molecular weight excluding hydrogens is 208 g/mol. The first kappa shape index (κ1) is 14.9. The zero-order chi connectivity index (χ0) is 12.2. The molecule has 0 aromatic rings. The molecule has 16 heavy (non-hydrogen) atoms. The van der Waals surface area contributed by atoms with E-state index < -0.39 is 0 Å². The summed E-state index contributed by atoms with van der Waals surface area (Å²) in [6.07, 6.45) is 2.10. The van der Waals surface area contributed by atoms with Gasteiger partial charge in [0.15, 0.2) is 0 Å². The summed E-state index contributed by atoms with van der Waals surface area (Å²) < 4.78 is 4.91. The Bertz CT molecular complexity index is 226. The highest BCUT2D eigenvalue weighted by atomic mass is 16.5. The summed E-state index contributed by atoms with van der Waals surface area (Å²) >= 11 is 0. The fourth-order valence-corrected chi connectivity index (χ4v) is 1.29. The normalized spacial score (nSPS) is 9.81. The van der Waals surface area contributed by atoms with Crippen LogP contribution in [0.5, 0.6) is 0 Å². The molecule has 0 heterocycles. The molecule has 0 radical (unpaired) electrons. The van der Waals surface area contributed by atoms with Crippen molar-refractivity contribution in [1.82, 2.24) is 4.90 Å². The van der Waals surface area contributed by atoms with Crippen LogP contribution < -0.4 is 0 Å². The van der Waals surface area contributed by atoms with Crippen molar-refractivity contribution < 1.29 is 14.6 Å². The van der Waals surface area contributed by atoms with E-state index in [2.05, 4.69) is 0 Å². The Balaban J connectivity index is 3.94. The minimum Gasteiger partial charge on any atom is -0.396 e. The molecule has 0 saturated heterocycles. The Morgan fingerprint density at radius 1 is 1.44 bits per heavy atom. The van der Waals surface area contributed by atoms with Gasteiger partial charge in [-0.3, -0.25) is 4.79 Å². The van der Waals surface area contributed by atoms with Gasteiger partial charge in [-0.15, -0.1) is 0 Å². The first-order chi connectivity index (χ1) is 7.76. The second kappa shape index (κ2) is 10.4. The Morgan fingerprint density at radius 3 is 2.75 bits per heavy atom. The highest BCUT2D eigenvalue weighted by molar-refractivity contribution is 5.76. The summed E-state index contributed by atoms with van der Waals surface area (Å²) in [4.78, 5) is 13.4. The number of aliphatic hydroxyl groups excluding tert-OH is 1. The number of hydrogen-bond donors (Lipinski definition) is 1. The first-order valence-electron chi connectivity index (χ1n) is 5.50. The van der Waals surface area contributed by atoms with E-state index in [4.69, 9.17) is 15.1 Å². The van der Waals surface area contributed by atoms with Crippen LogP contribution in [0.4, 0.5) is 0 Å². The molecule has 0 bridgehead atoms. The fraction of sp³-hybridized carbons (Fsp3) is 0.818. The molecule has 0 saturated carbocycles. The average Bonchev–Trinajstić information content (AvgIpc) is 2.29. The number of carbonyl (C=O) groups is 1. The maximum absolute atomic E-state index is 11.7. The molecule has 0 aromatic carbocycles. The number of amides is 1. The predicted molar refractivity (Wildman–Crippen MR) is 59.6 cm³/mol. The summed E-state index contributed by atoms with van der Waals surface area (Å²) in [6, 6.07) is 2.02. The lowest BCUT2D eigenvalue weighted by atomic mass is 10.2. The third kappa shape index (κ3) is 7.21. The van der Waals surface area contributed by atoms with Gasteiger partial charge in [-0.25, -0.2) is 0 Å². The number of rotatable bonds is 9. The van der Waals surface area contributed by atoms with E-state index in [-0.39, 0.29) is 12.5 Å². The maximum Gasteiger partial charge on any atom is 0.222 e. The predicted octanol–water partition coefficient (Wildman–Crippen LogP) is 0.538. The summed E-state index contributed by atoms with van der Waals surface area (Å²) in [5.41, 5.74) is 0. The first-order valence-corrected chi connectivity index (χ1v) is 5.50. The highest BCUT2D eigenvalue weighted by Crippen LogP contribution is 2.01. The molecule has 0 aromatic heterocycles. The van der Waals surface area contributed by atoms with Gasteiger partial charge in [0.25, 0.3) is 0 Å². The van der Waals surface area contributed by atoms with Gasteiger partial charge in [0.2, 0.25) is 5.91 Å². The van der Waals surface area contributed by atoms with Crippen molar-refractivity contribution in [1.29, 1.82) is 5.26 Å². The molecule has 5 nitrogen and oxygen atoms in total. The van der Waals surface area contributed by atoms with Gasteiger partial charge >= 0.3 is 0 Å². The van der Waals surface area contributed by atoms with Crippen LogP contribution in [0.2, 0.25) is 0 Å². The highest BCUT2D eigenvalue weighted by Gasteiger charge is 2.11. The average molecular weight is 228 g/mol. The molecule has 0 aliphatic heterocycles. The van der Waals surface area contributed by atoms with E-state index in [9.17, 15) is 4.79 Å². The van der Waals surface area contributed by atoms with Crippen molar-refractivity contribution >= 4 is 5.91 Å². The van der Waals surface area contributed by atoms with Crippen LogP contribution in [0, 0.1) is 11.3 Å².